The van der Waals surface area contributed by atoms with E-state index in [9.17, 15) is 0 Å². The van der Waals surface area contributed by atoms with E-state index < -0.39 is 0 Å². The standard InChI is InChI=1S/C15H32N2/c1-6-15(5,12-16)17-10-7-8-13(9-11-17)14(2,3)4/h13H,6-12,16H2,1-5H3. The highest BCUT2D eigenvalue weighted by molar-refractivity contribution is 4.89. The fraction of sp³-hybridized carbons (Fsp3) is 1.00. The first-order chi connectivity index (χ1) is 7.83. The molecule has 0 aromatic carbocycles. The predicted octanol–water partition coefficient (Wildman–Crippen LogP) is 3.26. The molecule has 0 amide bonds. The summed E-state index contributed by atoms with van der Waals surface area (Å²) in [5.41, 5.74) is 6.65. The minimum absolute atomic E-state index is 0.215. The third kappa shape index (κ3) is 3.69. The van der Waals surface area contributed by atoms with Crippen molar-refractivity contribution in [3.05, 3.63) is 0 Å². The summed E-state index contributed by atoms with van der Waals surface area (Å²) in [7, 11) is 0. The number of likely N-dealkylation sites (tertiary alicyclic amines) is 1. The maximum atomic E-state index is 5.98. The molecule has 0 radical (unpaired) electrons. The van der Waals surface area contributed by atoms with E-state index in [1.54, 1.807) is 0 Å². The van der Waals surface area contributed by atoms with Crippen LogP contribution in [0.1, 0.15) is 60.3 Å². The highest BCUT2D eigenvalue weighted by atomic mass is 15.2. The lowest BCUT2D eigenvalue weighted by Crippen LogP contribution is -2.51. The monoisotopic (exact) mass is 240 g/mol. The van der Waals surface area contributed by atoms with Crippen LogP contribution in [0.15, 0.2) is 0 Å². The second kappa shape index (κ2) is 5.71. The zero-order valence-electron chi connectivity index (χ0n) is 12.6. The number of rotatable bonds is 3. The predicted molar refractivity (Wildman–Crippen MR) is 76.1 cm³/mol. The number of hydrogen-bond donors (Lipinski definition) is 1. The van der Waals surface area contributed by atoms with Crippen LogP contribution < -0.4 is 5.73 Å². The topological polar surface area (TPSA) is 29.3 Å². The highest BCUT2D eigenvalue weighted by Gasteiger charge is 2.33. The maximum absolute atomic E-state index is 5.98. The Bertz CT molecular complexity index is 226. The molecule has 102 valence electrons. The van der Waals surface area contributed by atoms with E-state index in [0.29, 0.717) is 5.41 Å². The average Bonchev–Trinajstić information content (AvgIpc) is 2.53. The van der Waals surface area contributed by atoms with Gasteiger partial charge in [-0.05, 0) is 57.0 Å². The summed E-state index contributed by atoms with van der Waals surface area (Å²) < 4.78 is 0. The van der Waals surface area contributed by atoms with Crippen molar-refractivity contribution in [3.8, 4) is 0 Å². The smallest absolute Gasteiger partial charge is 0.0300 e. The minimum atomic E-state index is 0.215. The largest absolute Gasteiger partial charge is 0.329 e. The number of hydrogen-bond acceptors (Lipinski definition) is 2. The summed E-state index contributed by atoms with van der Waals surface area (Å²) in [6, 6.07) is 0. The van der Waals surface area contributed by atoms with E-state index in [2.05, 4.69) is 39.5 Å². The van der Waals surface area contributed by atoms with Crippen molar-refractivity contribution in [1.29, 1.82) is 0 Å². The van der Waals surface area contributed by atoms with Gasteiger partial charge in [0.15, 0.2) is 0 Å². The van der Waals surface area contributed by atoms with Gasteiger partial charge in [0, 0.05) is 12.1 Å². The summed E-state index contributed by atoms with van der Waals surface area (Å²) in [5.74, 6) is 0.867. The van der Waals surface area contributed by atoms with Crippen LogP contribution in [0.2, 0.25) is 0 Å². The van der Waals surface area contributed by atoms with Crippen molar-refractivity contribution in [1.82, 2.24) is 4.90 Å². The summed E-state index contributed by atoms with van der Waals surface area (Å²) in [4.78, 5) is 2.64. The zero-order valence-corrected chi connectivity index (χ0v) is 12.6. The van der Waals surface area contributed by atoms with Crippen LogP contribution >= 0.6 is 0 Å². The summed E-state index contributed by atoms with van der Waals surface area (Å²) in [5, 5.41) is 0. The van der Waals surface area contributed by atoms with Crippen molar-refractivity contribution in [2.24, 2.45) is 17.1 Å². The molecule has 2 N–H and O–H groups in total. The molecule has 1 heterocycles. The van der Waals surface area contributed by atoms with Gasteiger partial charge in [0.1, 0.15) is 0 Å². The van der Waals surface area contributed by atoms with Crippen LogP contribution in [0.4, 0.5) is 0 Å². The normalized spacial score (nSPS) is 27.5. The van der Waals surface area contributed by atoms with Crippen LogP contribution in [0.5, 0.6) is 0 Å². The van der Waals surface area contributed by atoms with Gasteiger partial charge in [0.05, 0.1) is 0 Å². The Balaban J connectivity index is 2.65. The molecule has 0 spiro atoms. The van der Waals surface area contributed by atoms with Gasteiger partial charge in [-0.2, -0.15) is 0 Å². The summed E-state index contributed by atoms with van der Waals surface area (Å²) in [6.07, 6.45) is 5.20. The van der Waals surface area contributed by atoms with Gasteiger partial charge in [-0.3, -0.25) is 4.90 Å². The molecule has 1 aliphatic rings. The second-order valence-corrected chi connectivity index (χ2v) is 7.04. The molecule has 2 heteroatoms. The van der Waals surface area contributed by atoms with Gasteiger partial charge < -0.3 is 5.73 Å². The molecule has 2 atom stereocenters. The van der Waals surface area contributed by atoms with Gasteiger partial charge in [-0.25, -0.2) is 0 Å². The van der Waals surface area contributed by atoms with Crippen LogP contribution in [0, 0.1) is 11.3 Å². The highest BCUT2D eigenvalue weighted by Crippen LogP contribution is 2.35. The minimum Gasteiger partial charge on any atom is -0.329 e. The Morgan fingerprint density at radius 1 is 1.12 bits per heavy atom. The molecule has 1 saturated heterocycles. The van der Waals surface area contributed by atoms with Gasteiger partial charge in [0.2, 0.25) is 0 Å². The third-order valence-corrected chi connectivity index (χ3v) is 4.92. The molecule has 2 nitrogen and oxygen atoms in total. The van der Waals surface area contributed by atoms with E-state index in [0.717, 1.165) is 18.9 Å². The molecule has 0 aromatic rings. The molecule has 0 aliphatic carbocycles. The summed E-state index contributed by atoms with van der Waals surface area (Å²) in [6.45, 7) is 15.0. The lowest BCUT2D eigenvalue weighted by Gasteiger charge is -2.40. The van der Waals surface area contributed by atoms with E-state index >= 15 is 0 Å². The van der Waals surface area contributed by atoms with Crippen molar-refractivity contribution in [2.75, 3.05) is 19.6 Å². The quantitative estimate of drug-likeness (QED) is 0.820. The van der Waals surface area contributed by atoms with Crippen LogP contribution in [0.3, 0.4) is 0 Å². The lowest BCUT2D eigenvalue weighted by molar-refractivity contribution is 0.105. The van der Waals surface area contributed by atoms with Gasteiger partial charge in [0.25, 0.3) is 0 Å². The molecule has 1 aliphatic heterocycles. The molecule has 2 unspecified atom stereocenters. The van der Waals surface area contributed by atoms with Gasteiger partial charge >= 0.3 is 0 Å². The first kappa shape index (κ1) is 15.0. The SMILES string of the molecule is CCC(C)(CN)N1CCCC(C(C)(C)C)CC1. The molecular weight excluding hydrogens is 208 g/mol. The van der Waals surface area contributed by atoms with E-state index in [1.807, 2.05) is 0 Å². The second-order valence-electron chi connectivity index (χ2n) is 7.04. The van der Waals surface area contributed by atoms with Gasteiger partial charge in [-0.1, -0.05) is 27.7 Å². The molecule has 1 fully saturated rings. The fourth-order valence-corrected chi connectivity index (χ4v) is 3.00. The fourth-order valence-electron chi connectivity index (χ4n) is 3.00. The Hall–Kier alpha value is -0.0800. The van der Waals surface area contributed by atoms with Crippen molar-refractivity contribution in [3.63, 3.8) is 0 Å². The lowest BCUT2D eigenvalue weighted by atomic mass is 9.76. The van der Waals surface area contributed by atoms with Crippen molar-refractivity contribution < 1.29 is 0 Å². The molecule has 1 rings (SSSR count). The molecule has 17 heavy (non-hydrogen) atoms. The zero-order chi connectivity index (χ0) is 13.1. The first-order valence-electron chi connectivity index (χ1n) is 7.28. The van der Waals surface area contributed by atoms with E-state index in [4.69, 9.17) is 5.73 Å². The Kier molecular flexibility index (Phi) is 5.03. The molecule has 0 aromatic heterocycles. The average molecular weight is 240 g/mol. The van der Waals surface area contributed by atoms with E-state index in [-0.39, 0.29) is 5.54 Å². The Labute approximate surface area is 108 Å². The molecule has 0 bridgehead atoms. The molecule has 0 saturated carbocycles. The Morgan fingerprint density at radius 3 is 2.24 bits per heavy atom. The van der Waals surface area contributed by atoms with Gasteiger partial charge in [-0.15, -0.1) is 0 Å². The number of nitrogens with zero attached hydrogens (tertiary/aromatic N) is 1. The first-order valence-corrected chi connectivity index (χ1v) is 7.28. The maximum Gasteiger partial charge on any atom is 0.0300 e. The summed E-state index contributed by atoms with van der Waals surface area (Å²) >= 11 is 0. The van der Waals surface area contributed by atoms with Crippen molar-refractivity contribution in [2.45, 2.75) is 65.8 Å². The molecular formula is C15H32N2. The van der Waals surface area contributed by atoms with E-state index in [1.165, 1.54) is 32.4 Å². The van der Waals surface area contributed by atoms with Crippen LogP contribution in [-0.2, 0) is 0 Å². The van der Waals surface area contributed by atoms with Crippen molar-refractivity contribution >= 4 is 0 Å². The Morgan fingerprint density at radius 2 is 1.76 bits per heavy atom. The van der Waals surface area contributed by atoms with Crippen LogP contribution in [0.25, 0.3) is 0 Å². The number of nitrogens with two attached hydrogens (primary N) is 1. The van der Waals surface area contributed by atoms with Crippen LogP contribution in [-0.4, -0.2) is 30.1 Å². The third-order valence-electron chi connectivity index (χ3n) is 4.92.